The normalized spacial score (nSPS) is 11.8. The molecule has 150 valence electrons. The molecule has 0 aliphatic carbocycles. The van der Waals surface area contributed by atoms with Gasteiger partial charge in [0.25, 0.3) is 5.91 Å². The number of rotatable bonds is 9. The second kappa shape index (κ2) is 9.20. The number of benzene rings is 1. The maximum atomic E-state index is 12.8. The highest BCUT2D eigenvalue weighted by Crippen LogP contribution is 2.31. The Morgan fingerprint density at radius 3 is 2.72 bits per heavy atom. The summed E-state index contributed by atoms with van der Waals surface area (Å²) in [5, 5.41) is 15.6. The van der Waals surface area contributed by atoms with Gasteiger partial charge >= 0.3 is 5.97 Å². The summed E-state index contributed by atoms with van der Waals surface area (Å²) >= 11 is 5.80. The Labute approximate surface area is 170 Å². The zero-order valence-electron chi connectivity index (χ0n) is 15.2. The number of fused-ring (bicyclic) bond motifs is 1. The number of amides is 1. The maximum Gasteiger partial charge on any atom is 0.303 e. The van der Waals surface area contributed by atoms with Gasteiger partial charge in [-0.25, -0.2) is 4.98 Å². The predicted molar refractivity (Wildman–Crippen MR) is 108 cm³/mol. The van der Waals surface area contributed by atoms with Gasteiger partial charge in [0, 0.05) is 30.5 Å². The minimum absolute atomic E-state index is 0.0332. The van der Waals surface area contributed by atoms with Gasteiger partial charge in [-0.15, -0.1) is 0 Å². The zero-order valence-corrected chi connectivity index (χ0v) is 16.0. The number of hydrogen-bond acceptors (Lipinski definition) is 6. The highest BCUT2D eigenvalue weighted by atomic mass is 35.5. The Hall–Kier alpha value is -3.39. The Morgan fingerprint density at radius 2 is 2.03 bits per heavy atom. The molecule has 2 aromatic heterocycles. The molecule has 3 aromatic rings. The molecule has 0 bridgehead atoms. The van der Waals surface area contributed by atoms with Crippen LogP contribution in [0.15, 0.2) is 47.0 Å². The standard InChI is InChI=1S/C20H18ClN3O5/c21-13-6-7-16(22-10-13)24-20(28)19-18(14-3-1-2-4-15(14)29-19)23-9-12(11-25)5-8-17(26)27/h1-4,6-7,10-12,23H,5,8-9H2,(H,26,27)(H,22,24,28). The predicted octanol–water partition coefficient (Wildman–Crippen LogP) is 3.83. The lowest BCUT2D eigenvalue weighted by Gasteiger charge is -2.12. The number of nitrogens with one attached hydrogen (secondary N) is 2. The van der Waals surface area contributed by atoms with Crippen LogP contribution in [0.4, 0.5) is 11.5 Å². The number of carbonyl (C=O) groups is 3. The van der Waals surface area contributed by atoms with E-state index in [4.69, 9.17) is 21.1 Å². The quantitative estimate of drug-likeness (QED) is 0.454. The number of pyridine rings is 1. The van der Waals surface area contributed by atoms with E-state index in [1.807, 2.05) is 0 Å². The molecule has 0 radical (unpaired) electrons. The lowest BCUT2D eigenvalue weighted by molar-refractivity contribution is -0.137. The van der Waals surface area contributed by atoms with Gasteiger partial charge in [0.1, 0.15) is 17.7 Å². The van der Waals surface area contributed by atoms with Gasteiger partial charge in [-0.3, -0.25) is 9.59 Å². The Bertz CT molecular complexity index is 1030. The van der Waals surface area contributed by atoms with Crippen molar-refractivity contribution in [3.63, 3.8) is 0 Å². The van der Waals surface area contributed by atoms with Crippen LogP contribution in [-0.4, -0.2) is 34.8 Å². The fourth-order valence-corrected chi connectivity index (χ4v) is 2.88. The summed E-state index contributed by atoms with van der Waals surface area (Å²) in [6.45, 7) is 0.166. The van der Waals surface area contributed by atoms with E-state index in [1.54, 1.807) is 36.4 Å². The fraction of sp³-hybridized carbons (Fsp3) is 0.200. The minimum Gasteiger partial charge on any atom is -0.481 e. The summed E-state index contributed by atoms with van der Waals surface area (Å²) in [6, 6.07) is 10.2. The summed E-state index contributed by atoms with van der Waals surface area (Å²) in [4.78, 5) is 38.8. The molecule has 0 aliphatic rings. The van der Waals surface area contributed by atoms with E-state index in [1.165, 1.54) is 6.20 Å². The average molecular weight is 416 g/mol. The number of carboxylic acid groups (broad SMARTS) is 1. The van der Waals surface area contributed by atoms with Crippen LogP contribution in [0.3, 0.4) is 0 Å². The highest BCUT2D eigenvalue weighted by molar-refractivity contribution is 6.30. The molecule has 8 nitrogen and oxygen atoms in total. The van der Waals surface area contributed by atoms with Crippen LogP contribution in [0.2, 0.25) is 5.02 Å². The van der Waals surface area contributed by atoms with Crippen molar-refractivity contribution in [3.8, 4) is 0 Å². The van der Waals surface area contributed by atoms with Gasteiger partial charge in [-0.2, -0.15) is 0 Å². The molecular weight excluding hydrogens is 398 g/mol. The van der Waals surface area contributed by atoms with Crippen molar-refractivity contribution in [1.29, 1.82) is 0 Å². The first-order chi connectivity index (χ1) is 14.0. The molecule has 0 fully saturated rings. The Kier molecular flexibility index (Phi) is 6.46. The van der Waals surface area contributed by atoms with Crippen LogP contribution >= 0.6 is 11.6 Å². The van der Waals surface area contributed by atoms with E-state index in [0.29, 0.717) is 33.8 Å². The van der Waals surface area contributed by atoms with Crippen LogP contribution in [0.5, 0.6) is 0 Å². The third-order valence-corrected chi connectivity index (χ3v) is 4.46. The molecule has 0 saturated carbocycles. The van der Waals surface area contributed by atoms with Gasteiger partial charge in [0.15, 0.2) is 0 Å². The van der Waals surface area contributed by atoms with Crippen LogP contribution in [0.25, 0.3) is 11.0 Å². The molecule has 2 heterocycles. The molecule has 1 unspecified atom stereocenters. The maximum absolute atomic E-state index is 12.8. The number of para-hydroxylation sites is 1. The van der Waals surface area contributed by atoms with Gasteiger partial charge in [0.2, 0.25) is 5.76 Å². The molecule has 9 heteroatoms. The molecule has 1 amide bonds. The number of carboxylic acids is 1. The lowest BCUT2D eigenvalue weighted by Crippen LogP contribution is -2.19. The van der Waals surface area contributed by atoms with Crippen molar-refractivity contribution in [3.05, 3.63) is 53.4 Å². The largest absolute Gasteiger partial charge is 0.481 e. The molecule has 0 aliphatic heterocycles. The molecule has 1 aromatic carbocycles. The smallest absolute Gasteiger partial charge is 0.303 e. The van der Waals surface area contributed by atoms with Crippen LogP contribution in [-0.2, 0) is 9.59 Å². The van der Waals surface area contributed by atoms with Crippen molar-refractivity contribution in [2.24, 2.45) is 5.92 Å². The summed E-state index contributed by atoms with van der Waals surface area (Å²) in [5.41, 5.74) is 0.923. The summed E-state index contributed by atoms with van der Waals surface area (Å²) in [7, 11) is 0. The number of anilines is 2. The van der Waals surface area contributed by atoms with Gasteiger partial charge in [0.05, 0.1) is 10.7 Å². The number of aromatic nitrogens is 1. The second-order valence-corrected chi connectivity index (χ2v) is 6.76. The topological polar surface area (TPSA) is 122 Å². The van der Waals surface area contributed by atoms with E-state index in [0.717, 1.165) is 0 Å². The zero-order chi connectivity index (χ0) is 20.8. The number of nitrogens with zero attached hydrogens (tertiary/aromatic N) is 1. The SMILES string of the molecule is O=CC(CCC(=O)O)CNc1c(C(=O)Nc2ccc(Cl)cn2)oc2ccccc12. The molecule has 29 heavy (non-hydrogen) atoms. The van der Waals surface area contributed by atoms with Crippen molar-refractivity contribution in [1.82, 2.24) is 4.98 Å². The van der Waals surface area contributed by atoms with Crippen molar-refractivity contribution in [2.75, 3.05) is 17.2 Å². The Balaban J connectivity index is 1.83. The monoisotopic (exact) mass is 415 g/mol. The van der Waals surface area contributed by atoms with Gasteiger partial charge in [-0.1, -0.05) is 23.7 Å². The van der Waals surface area contributed by atoms with Crippen LogP contribution in [0, 0.1) is 5.92 Å². The second-order valence-electron chi connectivity index (χ2n) is 6.33. The first-order valence-corrected chi connectivity index (χ1v) is 9.21. The number of halogens is 1. The minimum atomic E-state index is -0.971. The van der Waals surface area contributed by atoms with E-state index >= 15 is 0 Å². The molecule has 3 rings (SSSR count). The van der Waals surface area contributed by atoms with E-state index < -0.39 is 17.8 Å². The molecule has 0 spiro atoms. The highest BCUT2D eigenvalue weighted by Gasteiger charge is 2.22. The fourth-order valence-electron chi connectivity index (χ4n) is 2.76. The summed E-state index contributed by atoms with van der Waals surface area (Å²) in [5.74, 6) is -1.68. The molecular formula is C20H18ClN3O5. The van der Waals surface area contributed by atoms with Crippen molar-refractivity contribution < 1.29 is 23.9 Å². The first-order valence-electron chi connectivity index (χ1n) is 8.83. The van der Waals surface area contributed by atoms with Crippen molar-refractivity contribution in [2.45, 2.75) is 12.8 Å². The molecule has 0 saturated heterocycles. The summed E-state index contributed by atoms with van der Waals surface area (Å²) < 4.78 is 5.71. The molecule has 3 N–H and O–H groups in total. The lowest BCUT2D eigenvalue weighted by atomic mass is 10.0. The number of hydrogen-bond donors (Lipinski definition) is 3. The van der Waals surface area contributed by atoms with Crippen molar-refractivity contribution >= 4 is 52.2 Å². The van der Waals surface area contributed by atoms with E-state index in [-0.39, 0.29) is 25.1 Å². The van der Waals surface area contributed by atoms with E-state index in [2.05, 4.69) is 15.6 Å². The third-order valence-electron chi connectivity index (χ3n) is 4.23. The summed E-state index contributed by atoms with van der Waals surface area (Å²) in [6.07, 6.45) is 2.19. The number of aldehydes is 1. The number of furan rings is 1. The van der Waals surface area contributed by atoms with Crippen LogP contribution in [0.1, 0.15) is 23.4 Å². The number of aliphatic carboxylic acids is 1. The van der Waals surface area contributed by atoms with Gasteiger partial charge < -0.3 is 25.0 Å². The van der Waals surface area contributed by atoms with Gasteiger partial charge in [-0.05, 0) is 30.7 Å². The Morgan fingerprint density at radius 1 is 1.24 bits per heavy atom. The average Bonchev–Trinajstić information content (AvgIpc) is 3.08. The first kappa shape index (κ1) is 20.3. The number of carbonyl (C=O) groups excluding carboxylic acids is 2. The van der Waals surface area contributed by atoms with E-state index in [9.17, 15) is 14.4 Å². The molecule has 1 atom stereocenters. The third kappa shape index (κ3) is 5.11. The van der Waals surface area contributed by atoms with Crippen LogP contribution < -0.4 is 10.6 Å².